The van der Waals surface area contributed by atoms with E-state index in [9.17, 15) is 14.3 Å². The number of benzene rings is 2. The largest absolute Gasteiger partial charge is 0.388 e. The van der Waals surface area contributed by atoms with Gasteiger partial charge in [0.2, 0.25) is 0 Å². The first-order chi connectivity index (χ1) is 10.1. The van der Waals surface area contributed by atoms with Crippen LogP contribution in [0.4, 0.5) is 4.39 Å². The van der Waals surface area contributed by atoms with Gasteiger partial charge in [0.25, 0.3) is 5.91 Å². The number of carbonyl (C=O) groups excluding carboxylic acids is 1. The molecule has 0 aromatic heterocycles. The molecule has 0 aliphatic carbocycles. The number of amides is 1. The summed E-state index contributed by atoms with van der Waals surface area (Å²) in [6.07, 6.45) is -0.185. The van der Waals surface area contributed by atoms with Crippen LogP contribution in [0.5, 0.6) is 0 Å². The quantitative estimate of drug-likeness (QED) is 0.918. The van der Waals surface area contributed by atoms with Gasteiger partial charge in [-0.15, -0.1) is 0 Å². The maximum absolute atomic E-state index is 13.1. The third-order valence-electron chi connectivity index (χ3n) is 3.34. The molecule has 110 valence electrons. The summed E-state index contributed by atoms with van der Waals surface area (Å²) in [5.41, 5.74) is 1.14. The van der Waals surface area contributed by atoms with Crippen LogP contribution < -0.4 is 0 Å². The van der Waals surface area contributed by atoms with E-state index in [0.29, 0.717) is 18.5 Å². The molecule has 0 aliphatic heterocycles. The number of carbonyl (C=O) groups is 1. The summed E-state index contributed by atoms with van der Waals surface area (Å²) in [5, 5.41) is 10.1. The van der Waals surface area contributed by atoms with E-state index in [1.165, 1.54) is 23.1 Å². The molecule has 0 bridgehead atoms. The minimum Gasteiger partial charge on any atom is -0.388 e. The highest BCUT2D eigenvalue weighted by molar-refractivity contribution is 5.94. The maximum Gasteiger partial charge on any atom is 0.253 e. The van der Waals surface area contributed by atoms with Gasteiger partial charge in [-0.1, -0.05) is 36.4 Å². The van der Waals surface area contributed by atoms with Crippen molar-refractivity contribution in [2.24, 2.45) is 0 Å². The molecule has 0 spiro atoms. The lowest BCUT2D eigenvalue weighted by Gasteiger charge is -2.19. The highest BCUT2D eigenvalue weighted by Crippen LogP contribution is 2.16. The number of rotatable bonds is 5. The molecule has 2 aromatic rings. The summed E-state index contributed by atoms with van der Waals surface area (Å²) in [6.45, 7) is 0.394. The highest BCUT2D eigenvalue weighted by Gasteiger charge is 2.14. The molecule has 21 heavy (non-hydrogen) atoms. The number of hydrogen-bond acceptors (Lipinski definition) is 2. The van der Waals surface area contributed by atoms with Crippen LogP contribution in [-0.2, 0) is 0 Å². The molecule has 0 radical (unpaired) electrons. The molecule has 0 heterocycles. The Bertz CT molecular complexity index is 601. The summed E-state index contributed by atoms with van der Waals surface area (Å²) in [7, 11) is 1.64. The summed E-state index contributed by atoms with van der Waals surface area (Å²) in [5.74, 6) is -0.687. The van der Waals surface area contributed by atoms with Gasteiger partial charge in [0, 0.05) is 19.2 Å². The van der Waals surface area contributed by atoms with Gasteiger partial charge >= 0.3 is 0 Å². The van der Waals surface area contributed by atoms with Crippen LogP contribution in [0.1, 0.15) is 28.4 Å². The molecule has 4 heteroatoms. The van der Waals surface area contributed by atoms with Crippen molar-refractivity contribution < 1.29 is 14.3 Å². The third-order valence-corrected chi connectivity index (χ3v) is 3.34. The molecule has 2 rings (SSSR count). The zero-order chi connectivity index (χ0) is 15.2. The molecule has 1 atom stereocenters. The van der Waals surface area contributed by atoms with Gasteiger partial charge in [-0.3, -0.25) is 4.79 Å². The van der Waals surface area contributed by atoms with E-state index in [1.54, 1.807) is 13.1 Å². The van der Waals surface area contributed by atoms with Gasteiger partial charge < -0.3 is 10.0 Å². The van der Waals surface area contributed by atoms with Gasteiger partial charge in [0.15, 0.2) is 0 Å². The van der Waals surface area contributed by atoms with E-state index < -0.39 is 11.9 Å². The average Bonchev–Trinajstić information content (AvgIpc) is 2.52. The monoisotopic (exact) mass is 287 g/mol. The van der Waals surface area contributed by atoms with E-state index in [-0.39, 0.29) is 5.91 Å². The van der Waals surface area contributed by atoms with Crippen molar-refractivity contribution in [1.82, 2.24) is 4.90 Å². The smallest absolute Gasteiger partial charge is 0.253 e. The van der Waals surface area contributed by atoms with Crippen LogP contribution in [0.2, 0.25) is 0 Å². The van der Waals surface area contributed by atoms with Gasteiger partial charge in [0.1, 0.15) is 5.82 Å². The van der Waals surface area contributed by atoms with E-state index in [1.807, 2.05) is 30.3 Å². The molecule has 1 unspecified atom stereocenters. The Kier molecular flexibility index (Phi) is 5.06. The predicted molar refractivity (Wildman–Crippen MR) is 79.4 cm³/mol. The van der Waals surface area contributed by atoms with Crippen molar-refractivity contribution >= 4 is 5.91 Å². The fraction of sp³-hybridized carbons (Fsp3) is 0.235. The molecular formula is C17H18FNO2. The van der Waals surface area contributed by atoms with Crippen molar-refractivity contribution in [3.8, 4) is 0 Å². The standard InChI is InChI=1S/C17H18FNO2/c1-19(17(21)14-8-5-9-15(18)12-14)11-10-16(20)13-6-3-2-4-7-13/h2-9,12,16,20H,10-11H2,1H3. The first-order valence-electron chi connectivity index (χ1n) is 6.82. The Balaban J connectivity index is 1.92. The number of aliphatic hydroxyl groups is 1. The lowest BCUT2D eigenvalue weighted by Crippen LogP contribution is -2.28. The molecule has 0 saturated heterocycles. The van der Waals surface area contributed by atoms with E-state index in [4.69, 9.17) is 0 Å². The third kappa shape index (κ3) is 4.13. The van der Waals surface area contributed by atoms with E-state index in [0.717, 1.165) is 5.56 Å². The maximum atomic E-state index is 13.1. The van der Waals surface area contributed by atoms with Crippen LogP contribution in [0, 0.1) is 5.82 Å². The Morgan fingerprint density at radius 2 is 1.90 bits per heavy atom. The molecular weight excluding hydrogens is 269 g/mol. The summed E-state index contributed by atoms with van der Waals surface area (Å²) >= 11 is 0. The topological polar surface area (TPSA) is 40.5 Å². The summed E-state index contributed by atoms with van der Waals surface area (Å²) in [6, 6.07) is 14.9. The Morgan fingerprint density at radius 3 is 2.57 bits per heavy atom. The minimum absolute atomic E-state index is 0.255. The number of aliphatic hydroxyl groups excluding tert-OH is 1. The second kappa shape index (κ2) is 6.99. The second-order valence-electron chi connectivity index (χ2n) is 4.95. The van der Waals surface area contributed by atoms with Crippen LogP contribution in [0.3, 0.4) is 0 Å². The lowest BCUT2D eigenvalue weighted by molar-refractivity contribution is 0.0760. The molecule has 1 N–H and O–H groups in total. The summed E-state index contributed by atoms with van der Waals surface area (Å²) < 4.78 is 13.1. The van der Waals surface area contributed by atoms with Gasteiger partial charge in [-0.2, -0.15) is 0 Å². The first kappa shape index (κ1) is 15.2. The van der Waals surface area contributed by atoms with Gasteiger partial charge in [-0.05, 0) is 30.2 Å². The normalized spacial score (nSPS) is 12.0. The SMILES string of the molecule is CN(CCC(O)c1ccccc1)C(=O)c1cccc(F)c1. The van der Waals surface area contributed by atoms with Crippen molar-refractivity contribution in [3.05, 3.63) is 71.5 Å². The lowest BCUT2D eigenvalue weighted by atomic mass is 10.1. The van der Waals surface area contributed by atoms with Crippen LogP contribution in [-0.4, -0.2) is 29.5 Å². The number of nitrogens with zero attached hydrogens (tertiary/aromatic N) is 1. The highest BCUT2D eigenvalue weighted by atomic mass is 19.1. The number of hydrogen-bond donors (Lipinski definition) is 1. The van der Waals surface area contributed by atoms with Crippen molar-refractivity contribution in [1.29, 1.82) is 0 Å². The Hall–Kier alpha value is -2.20. The van der Waals surface area contributed by atoms with Crippen molar-refractivity contribution in [3.63, 3.8) is 0 Å². The zero-order valence-corrected chi connectivity index (χ0v) is 11.9. The van der Waals surface area contributed by atoms with Gasteiger partial charge in [0.05, 0.1) is 6.10 Å². The van der Waals surface area contributed by atoms with Crippen LogP contribution >= 0.6 is 0 Å². The second-order valence-corrected chi connectivity index (χ2v) is 4.95. The van der Waals surface area contributed by atoms with Crippen molar-refractivity contribution in [2.75, 3.05) is 13.6 Å². The molecule has 2 aromatic carbocycles. The van der Waals surface area contributed by atoms with Crippen LogP contribution in [0.25, 0.3) is 0 Å². The Labute approximate surface area is 123 Å². The molecule has 0 saturated carbocycles. The van der Waals surface area contributed by atoms with Crippen molar-refractivity contribution in [2.45, 2.75) is 12.5 Å². The Morgan fingerprint density at radius 1 is 1.19 bits per heavy atom. The van der Waals surface area contributed by atoms with E-state index in [2.05, 4.69) is 0 Å². The zero-order valence-electron chi connectivity index (χ0n) is 11.9. The fourth-order valence-electron chi connectivity index (χ4n) is 2.10. The van der Waals surface area contributed by atoms with Crippen LogP contribution in [0.15, 0.2) is 54.6 Å². The average molecular weight is 287 g/mol. The molecule has 0 fully saturated rings. The summed E-state index contributed by atoms with van der Waals surface area (Å²) in [4.78, 5) is 13.6. The molecule has 1 amide bonds. The van der Waals surface area contributed by atoms with E-state index >= 15 is 0 Å². The molecule has 0 aliphatic rings. The molecule has 3 nitrogen and oxygen atoms in total. The first-order valence-corrected chi connectivity index (χ1v) is 6.82. The fourth-order valence-corrected chi connectivity index (χ4v) is 2.10. The minimum atomic E-state index is -0.617. The number of halogens is 1. The van der Waals surface area contributed by atoms with Gasteiger partial charge in [-0.25, -0.2) is 4.39 Å². The predicted octanol–water partition coefficient (Wildman–Crippen LogP) is 3.02.